The van der Waals surface area contributed by atoms with Gasteiger partial charge in [0.05, 0.1) is 12.0 Å². The Morgan fingerprint density at radius 3 is 2.67 bits per heavy atom. The highest BCUT2D eigenvalue weighted by atomic mass is 16.6. The van der Waals surface area contributed by atoms with Crippen molar-refractivity contribution in [1.29, 1.82) is 0 Å². The number of rotatable bonds is 2. The van der Waals surface area contributed by atoms with Crippen LogP contribution in [0.2, 0.25) is 0 Å². The van der Waals surface area contributed by atoms with E-state index in [2.05, 4.69) is 5.92 Å². The van der Waals surface area contributed by atoms with Crippen LogP contribution in [-0.4, -0.2) is 34.2 Å². The van der Waals surface area contributed by atoms with Crippen LogP contribution in [0.1, 0.15) is 50.8 Å². The Morgan fingerprint density at radius 1 is 1.38 bits per heavy atom. The Balaban J connectivity index is 2.41. The van der Waals surface area contributed by atoms with Gasteiger partial charge in [0, 0.05) is 12.1 Å². The zero-order chi connectivity index (χ0) is 17.9. The molecule has 1 heterocycles. The van der Waals surface area contributed by atoms with E-state index in [1.807, 2.05) is 6.07 Å². The third-order valence-electron chi connectivity index (χ3n) is 3.97. The van der Waals surface area contributed by atoms with E-state index in [1.165, 1.54) is 4.90 Å². The normalized spacial score (nSPS) is 21.0. The molecule has 5 nitrogen and oxygen atoms in total. The van der Waals surface area contributed by atoms with Crippen molar-refractivity contribution >= 4 is 12.1 Å². The van der Waals surface area contributed by atoms with Crippen molar-refractivity contribution in [2.24, 2.45) is 5.92 Å². The molecule has 0 saturated carbocycles. The van der Waals surface area contributed by atoms with Gasteiger partial charge in [-0.05, 0) is 51.3 Å². The fourth-order valence-corrected chi connectivity index (χ4v) is 3.00. The largest absolute Gasteiger partial charge is 0.481 e. The number of carboxylic acids is 1. The molecule has 0 spiro atoms. The zero-order valence-corrected chi connectivity index (χ0v) is 14.3. The molecule has 0 radical (unpaired) electrons. The third-order valence-corrected chi connectivity index (χ3v) is 3.97. The predicted octanol–water partition coefficient (Wildman–Crippen LogP) is 3.44. The Bertz CT molecular complexity index is 669. The van der Waals surface area contributed by atoms with Crippen molar-refractivity contribution in [1.82, 2.24) is 4.90 Å². The maximum absolute atomic E-state index is 12.6. The average Bonchev–Trinajstić information content (AvgIpc) is 2.52. The second kappa shape index (κ2) is 6.96. The summed E-state index contributed by atoms with van der Waals surface area (Å²) >= 11 is 0. The first-order valence-corrected chi connectivity index (χ1v) is 8.02. The average molecular weight is 329 g/mol. The van der Waals surface area contributed by atoms with Crippen LogP contribution < -0.4 is 0 Å². The summed E-state index contributed by atoms with van der Waals surface area (Å²) in [7, 11) is 0. The molecule has 24 heavy (non-hydrogen) atoms. The van der Waals surface area contributed by atoms with Gasteiger partial charge in [0.15, 0.2) is 0 Å². The van der Waals surface area contributed by atoms with Gasteiger partial charge in [0.1, 0.15) is 5.60 Å². The molecule has 1 saturated heterocycles. The Labute approximate surface area is 142 Å². The number of carboxylic acid groups (broad SMARTS) is 1. The molecule has 0 aromatic heterocycles. The smallest absolute Gasteiger partial charge is 0.410 e. The number of piperidine rings is 1. The van der Waals surface area contributed by atoms with Gasteiger partial charge in [-0.1, -0.05) is 18.1 Å². The number of aliphatic carboxylic acids is 1. The molecule has 1 aromatic rings. The molecule has 128 valence electrons. The maximum atomic E-state index is 12.6. The van der Waals surface area contributed by atoms with E-state index in [1.54, 1.807) is 39.0 Å². The van der Waals surface area contributed by atoms with Gasteiger partial charge in [-0.25, -0.2) is 4.79 Å². The lowest BCUT2D eigenvalue weighted by Crippen LogP contribution is -2.47. The van der Waals surface area contributed by atoms with Crippen molar-refractivity contribution in [2.75, 3.05) is 6.54 Å². The lowest BCUT2D eigenvalue weighted by atomic mass is 9.84. The Morgan fingerprint density at radius 2 is 2.08 bits per heavy atom. The highest BCUT2D eigenvalue weighted by molar-refractivity contribution is 5.75. The van der Waals surface area contributed by atoms with E-state index in [0.29, 0.717) is 24.9 Å². The quantitative estimate of drug-likeness (QED) is 0.844. The van der Waals surface area contributed by atoms with E-state index in [9.17, 15) is 14.7 Å². The molecule has 1 aromatic carbocycles. The second-order valence-electron chi connectivity index (χ2n) is 6.98. The molecular formula is C19H23NO4. The number of likely N-dealkylation sites (tertiary alicyclic amines) is 1. The molecular weight excluding hydrogens is 306 g/mol. The zero-order valence-electron chi connectivity index (χ0n) is 14.3. The Kier molecular flexibility index (Phi) is 5.18. The fourth-order valence-electron chi connectivity index (χ4n) is 3.00. The highest BCUT2D eigenvalue weighted by Crippen LogP contribution is 2.37. The van der Waals surface area contributed by atoms with Crippen LogP contribution >= 0.6 is 0 Å². The van der Waals surface area contributed by atoms with Crippen LogP contribution in [-0.2, 0) is 9.53 Å². The first kappa shape index (κ1) is 17.9. The summed E-state index contributed by atoms with van der Waals surface area (Å²) in [4.78, 5) is 25.8. The number of hydrogen-bond acceptors (Lipinski definition) is 3. The number of terminal acetylenes is 1. The van der Waals surface area contributed by atoms with Gasteiger partial charge in [-0.2, -0.15) is 0 Å². The maximum Gasteiger partial charge on any atom is 0.410 e. The summed E-state index contributed by atoms with van der Waals surface area (Å²) in [6.07, 6.45) is 6.09. The fraction of sp³-hybridized carbons (Fsp3) is 0.474. The van der Waals surface area contributed by atoms with E-state index >= 15 is 0 Å². The second-order valence-corrected chi connectivity index (χ2v) is 6.98. The summed E-state index contributed by atoms with van der Waals surface area (Å²) in [5.74, 6) is 0.952. The van der Waals surface area contributed by atoms with Crippen LogP contribution in [0, 0.1) is 18.3 Å². The van der Waals surface area contributed by atoms with Crippen molar-refractivity contribution in [3.63, 3.8) is 0 Å². The van der Waals surface area contributed by atoms with E-state index in [-0.39, 0.29) is 0 Å². The van der Waals surface area contributed by atoms with Gasteiger partial charge in [0.2, 0.25) is 0 Å². The number of benzene rings is 1. The number of carbonyl (C=O) groups is 2. The first-order valence-electron chi connectivity index (χ1n) is 8.02. The summed E-state index contributed by atoms with van der Waals surface area (Å²) in [5.41, 5.74) is 0.744. The topological polar surface area (TPSA) is 66.8 Å². The standard InChI is InChI=1S/C19H23NO4/c1-5-13-8-6-9-14(12-13)16-15(17(21)22)10-7-11-20(16)18(23)24-19(2,3)4/h1,6,8-9,12,15-16H,7,10-11H2,2-4H3,(H,21,22). The molecule has 5 heteroatoms. The molecule has 1 N–H and O–H groups in total. The Hall–Kier alpha value is -2.48. The lowest BCUT2D eigenvalue weighted by Gasteiger charge is -2.40. The number of amides is 1. The molecule has 0 aliphatic carbocycles. The molecule has 1 amide bonds. The van der Waals surface area contributed by atoms with Gasteiger partial charge < -0.3 is 14.7 Å². The number of hydrogen-bond donors (Lipinski definition) is 1. The first-order chi connectivity index (χ1) is 11.2. The molecule has 1 aliphatic heterocycles. The molecule has 2 unspecified atom stereocenters. The summed E-state index contributed by atoms with van der Waals surface area (Å²) in [6.45, 7) is 5.83. The van der Waals surface area contributed by atoms with Gasteiger partial charge >= 0.3 is 12.1 Å². The van der Waals surface area contributed by atoms with Crippen molar-refractivity contribution in [3.05, 3.63) is 35.4 Å². The van der Waals surface area contributed by atoms with Crippen LogP contribution in [0.15, 0.2) is 24.3 Å². The van der Waals surface area contributed by atoms with E-state index < -0.39 is 29.6 Å². The minimum Gasteiger partial charge on any atom is -0.481 e. The summed E-state index contributed by atoms with van der Waals surface area (Å²) < 4.78 is 5.47. The molecule has 2 atom stereocenters. The molecule has 1 fully saturated rings. The van der Waals surface area contributed by atoms with Crippen LogP contribution in [0.25, 0.3) is 0 Å². The molecule has 1 aliphatic rings. The van der Waals surface area contributed by atoms with Crippen molar-refractivity contribution in [3.8, 4) is 12.3 Å². The minimum atomic E-state index is -0.917. The van der Waals surface area contributed by atoms with Crippen molar-refractivity contribution < 1.29 is 19.4 Å². The van der Waals surface area contributed by atoms with Gasteiger partial charge in [0.25, 0.3) is 0 Å². The van der Waals surface area contributed by atoms with E-state index in [4.69, 9.17) is 11.2 Å². The third kappa shape index (κ3) is 4.08. The van der Waals surface area contributed by atoms with E-state index in [0.717, 1.165) is 5.56 Å². The summed E-state index contributed by atoms with van der Waals surface area (Å²) in [5, 5.41) is 9.61. The summed E-state index contributed by atoms with van der Waals surface area (Å²) in [6, 6.07) is 6.55. The molecule has 2 rings (SSSR count). The monoisotopic (exact) mass is 329 g/mol. The van der Waals surface area contributed by atoms with Gasteiger partial charge in [-0.3, -0.25) is 4.79 Å². The molecule has 0 bridgehead atoms. The number of carbonyl (C=O) groups excluding carboxylic acids is 1. The predicted molar refractivity (Wildman–Crippen MR) is 90.4 cm³/mol. The van der Waals surface area contributed by atoms with Crippen LogP contribution in [0.4, 0.5) is 4.79 Å². The van der Waals surface area contributed by atoms with Gasteiger partial charge in [-0.15, -0.1) is 6.42 Å². The number of nitrogens with zero attached hydrogens (tertiary/aromatic N) is 1. The SMILES string of the molecule is C#Cc1cccc(C2C(C(=O)O)CCCN2C(=O)OC(C)(C)C)c1. The number of ether oxygens (including phenoxy) is 1. The highest BCUT2D eigenvalue weighted by Gasteiger charge is 2.41. The van der Waals surface area contributed by atoms with Crippen LogP contribution in [0.3, 0.4) is 0 Å². The van der Waals surface area contributed by atoms with Crippen molar-refractivity contribution in [2.45, 2.75) is 45.3 Å². The minimum absolute atomic E-state index is 0.462. The van der Waals surface area contributed by atoms with Crippen LogP contribution in [0.5, 0.6) is 0 Å². The lowest BCUT2D eigenvalue weighted by molar-refractivity contribution is -0.145.